The van der Waals surface area contributed by atoms with E-state index >= 15 is 0 Å². The number of carbonyl (C=O) groups is 2. The van der Waals surface area contributed by atoms with Gasteiger partial charge in [0.2, 0.25) is 0 Å². The summed E-state index contributed by atoms with van der Waals surface area (Å²) in [4.78, 5) is 22.7. The molecule has 0 aliphatic rings. The SMILES string of the molecule is COC(=O)Cc1cccc(OCCOCCNC(=O)OC(C)(C)C)c1. The number of alkyl carbamates (subject to hydrolysis) is 1. The monoisotopic (exact) mass is 353 g/mol. The number of ether oxygens (including phenoxy) is 4. The van der Waals surface area contributed by atoms with Crippen LogP contribution in [0.25, 0.3) is 0 Å². The highest BCUT2D eigenvalue weighted by Crippen LogP contribution is 2.14. The van der Waals surface area contributed by atoms with Crippen molar-refractivity contribution in [3.63, 3.8) is 0 Å². The van der Waals surface area contributed by atoms with Crippen molar-refractivity contribution >= 4 is 12.1 Å². The summed E-state index contributed by atoms with van der Waals surface area (Å²) in [6.07, 6.45) is -0.254. The van der Waals surface area contributed by atoms with Gasteiger partial charge in [-0.3, -0.25) is 4.79 Å². The molecule has 1 aromatic rings. The van der Waals surface area contributed by atoms with E-state index in [1.165, 1.54) is 7.11 Å². The van der Waals surface area contributed by atoms with E-state index in [2.05, 4.69) is 10.1 Å². The lowest BCUT2D eigenvalue weighted by Gasteiger charge is -2.19. The van der Waals surface area contributed by atoms with E-state index in [0.717, 1.165) is 5.56 Å². The summed E-state index contributed by atoms with van der Waals surface area (Å²) in [6.45, 7) is 6.90. The van der Waals surface area contributed by atoms with Crippen LogP contribution in [0.5, 0.6) is 5.75 Å². The molecular weight excluding hydrogens is 326 g/mol. The van der Waals surface area contributed by atoms with Crippen LogP contribution in [0.3, 0.4) is 0 Å². The van der Waals surface area contributed by atoms with Gasteiger partial charge in [-0.1, -0.05) is 12.1 Å². The Balaban J connectivity index is 2.15. The van der Waals surface area contributed by atoms with E-state index in [4.69, 9.17) is 14.2 Å². The maximum Gasteiger partial charge on any atom is 0.407 e. The van der Waals surface area contributed by atoms with E-state index in [1.54, 1.807) is 26.8 Å². The van der Waals surface area contributed by atoms with Crippen LogP contribution in [0.4, 0.5) is 4.79 Å². The molecule has 1 N–H and O–H groups in total. The number of nitrogens with one attached hydrogen (secondary N) is 1. The maximum atomic E-state index is 11.4. The van der Waals surface area contributed by atoms with E-state index in [-0.39, 0.29) is 12.4 Å². The number of benzene rings is 1. The first-order valence-corrected chi connectivity index (χ1v) is 8.13. The molecule has 0 atom stereocenters. The predicted octanol–water partition coefficient (Wildman–Crippen LogP) is 2.32. The number of methoxy groups -OCH3 is 1. The average Bonchev–Trinajstić information content (AvgIpc) is 2.52. The first-order valence-electron chi connectivity index (χ1n) is 8.13. The summed E-state index contributed by atoms with van der Waals surface area (Å²) in [7, 11) is 1.36. The molecular formula is C18H27NO6. The van der Waals surface area contributed by atoms with Crippen LogP contribution in [0.15, 0.2) is 24.3 Å². The zero-order valence-electron chi connectivity index (χ0n) is 15.3. The molecule has 1 aromatic carbocycles. The summed E-state index contributed by atoms with van der Waals surface area (Å²) >= 11 is 0. The fourth-order valence-electron chi connectivity index (χ4n) is 1.84. The Morgan fingerprint density at radius 2 is 1.88 bits per heavy atom. The Labute approximate surface area is 148 Å². The first-order chi connectivity index (χ1) is 11.8. The quantitative estimate of drug-likeness (QED) is 0.542. The van der Waals surface area contributed by atoms with Gasteiger partial charge in [-0.25, -0.2) is 4.79 Å². The van der Waals surface area contributed by atoms with E-state index < -0.39 is 11.7 Å². The molecule has 0 saturated heterocycles. The van der Waals surface area contributed by atoms with Crippen LogP contribution < -0.4 is 10.1 Å². The molecule has 0 aliphatic carbocycles. The first kappa shape index (κ1) is 20.8. The van der Waals surface area contributed by atoms with Gasteiger partial charge in [-0.05, 0) is 38.5 Å². The zero-order valence-corrected chi connectivity index (χ0v) is 15.3. The highest BCUT2D eigenvalue weighted by molar-refractivity contribution is 5.72. The minimum absolute atomic E-state index is 0.209. The molecule has 25 heavy (non-hydrogen) atoms. The van der Waals surface area contributed by atoms with Crippen LogP contribution in [0, 0.1) is 0 Å². The number of hydrogen-bond donors (Lipinski definition) is 1. The van der Waals surface area contributed by atoms with Crippen molar-refractivity contribution in [1.29, 1.82) is 0 Å². The standard InChI is InChI=1S/C18H27NO6/c1-18(2,3)25-17(21)19-8-9-23-10-11-24-15-7-5-6-14(12-15)13-16(20)22-4/h5-7,12H,8-11,13H2,1-4H3,(H,19,21). The van der Waals surface area contributed by atoms with Gasteiger partial charge in [0.05, 0.1) is 26.7 Å². The lowest BCUT2D eigenvalue weighted by molar-refractivity contribution is -0.139. The summed E-state index contributed by atoms with van der Waals surface area (Å²) in [5.74, 6) is 0.370. The Kier molecular flexibility index (Phi) is 8.77. The summed E-state index contributed by atoms with van der Waals surface area (Å²) in [5.41, 5.74) is 0.313. The molecule has 0 aromatic heterocycles. The lowest BCUT2D eigenvalue weighted by Crippen LogP contribution is -2.34. The molecule has 0 aliphatic heterocycles. The largest absolute Gasteiger partial charge is 0.491 e. The molecule has 7 heteroatoms. The third-order valence-corrected chi connectivity index (χ3v) is 2.89. The number of hydrogen-bond acceptors (Lipinski definition) is 6. The van der Waals surface area contributed by atoms with Gasteiger partial charge >= 0.3 is 12.1 Å². The third kappa shape index (κ3) is 10.2. The van der Waals surface area contributed by atoms with Gasteiger partial charge in [0.15, 0.2) is 0 Å². The van der Waals surface area contributed by atoms with Crippen LogP contribution in [0.2, 0.25) is 0 Å². The molecule has 0 saturated carbocycles. The molecule has 1 amide bonds. The summed E-state index contributed by atoms with van der Waals surface area (Å²) in [6, 6.07) is 7.26. The van der Waals surface area contributed by atoms with Gasteiger partial charge < -0.3 is 24.3 Å². The van der Waals surface area contributed by atoms with Crippen molar-refractivity contribution in [2.45, 2.75) is 32.8 Å². The number of rotatable bonds is 9. The molecule has 0 spiro atoms. The second-order valence-corrected chi connectivity index (χ2v) is 6.29. The lowest BCUT2D eigenvalue weighted by atomic mass is 10.1. The van der Waals surface area contributed by atoms with E-state index in [9.17, 15) is 9.59 Å². The molecule has 0 fully saturated rings. The maximum absolute atomic E-state index is 11.4. The summed E-state index contributed by atoms with van der Waals surface area (Å²) in [5, 5.41) is 2.61. The third-order valence-electron chi connectivity index (χ3n) is 2.89. The van der Waals surface area contributed by atoms with Gasteiger partial charge in [-0.15, -0.1) is 0 Å². The minimum atomic E-state index is -0.513. The molecule has 0 bridgehead atoms. The fraction of sp³-hybridized carbons (Fsp3) is 0.556. The van der Waals surface area contributed by atoms with Gasteiger partial charge in [0, 0.05) is 6.54 Å². The second kappa shape index (κ2) is 10.6. The minimum Gasteiger partial charge on any atom is -0.491 e. The zero-order chi connectivity index (χ0) is 18.7. The van der Waals surface area contributed by atoms with Crippen molar-refractivity contribution in [3.8, 4) is 5.75 Å². The number of esters is 1. The molecule has 7 nitrogen and oxygen atoms in total. The van der Waals surface area contributed by atoms with Crippen LogP contribution in [-0.4, -0.2) is 51.1 Å². The topological polar surface area (TPSA) is 83.1 Å². The Morgan fingerprint density at radius 1 is 1.12 bits per heavy atom. The number of amides is 1. The predicted molar refractivity (Wildman–Crippen MR) is 92.7 cm³/mol. The normalized spacial score (nSPS) is 10.9. The van der Waals surface area contributed by atoms with Crippen LogP contribution >= 0.6 is 0 Å². The van der Waals surface area contributed by atoms with Crippen LogP contribution in [0.1, 0.15) is 26.3 Å². The van der Waals surface area contributed by atoms with Crippen LogP contribution in [-0.2, 0) is 25.4 Å². The number of carbonyl (C=O) groups excluding carboxylic acids is 2. The van der Waals surface area contributed by atoms with Crippen molar-refractivity contribution < 1.29 is 28.5 Å². The van der Waals surface area contributed by atoms with Gasteiger partial charge in [0.25, 0.3) is 0 Å². The molecule has 1 rings (SSSR count). The molecule has 0 unspecified atom stereocenters. The Morgan fingerprint density at radius 3 is 2.56 bits per heavy atom. The smallest absolute Gasteiger partial charge is 0.407 e. The Hall–Kier alpha value is -2.28. The van der Waals surface area contributed by atoms with Crippen molar-refractivity contribution in [3.05, 3.63) is 29.8 Å². The van der Waals surface area contributed by atoms with Crippen molar-refractivity contribution in [1.82, 2.24) is 5.32 Å². The summed E-state index contributed by atoms with van der Waals surface area (Å²) < 4.78 is 20.7. The van der Waals surface area contributed by atoms with Crippen molar-refractivity contribution in [2.75, 3.05) is 33.5 Å². The Bertz CT molecular complexity index is 553. The van der Waals surface area contributed by atoms with Gasteiger partial charge in [-0.2, -0.15) is 0 Å². The fourth-order valence-corrected chi connectivity index (χ4v) is 1.84. The van der Waals surface area contributed by atoms with E-state index in [0.29, 0.717) is 32.1 Å². The molecule has 140 valence electrons. The molecule has 0 radical (unpaired) electrons. The molecule has 0 heterocycles. The van der Waals surface area contributed by atoms with E-state index in [1.807, 2.05) is 18.2 Å². The van der Waals surface area contributed by atoms with Crippen molar-refractivity contribution in [2.24, 2.45) is 0 Å². The highest BCUT2D eigenvalue weighted by Gasteiger charge is 2.15. The average molecular weight is 353 g/mol. The van der Waals surface area contributed by atoms with Gasteiger partial charge in [0.1, 0.15) is 18.0 Å². The second-order valence-electron chi connectivity index (χ2n) is 6.29. The highest BCUT2D eigenvalue weighted by atomic mass is 16.6.